The Kier molecular flexibility index (Phi) is 41.8. The summed E-state index contributed by atoms with van der Waals surface area (Å²) in [6.07, 6.45) is 47.8. The summed E-state index contributed by atoms with van der Waals surface area (Å²) in [5.74, 6) is -0.410. The Balaban J connectivity index is 4.22. The second kappa shape index (κ2) is 43.0. The summed E-state index contributed by atoms with van der Waals surface area (Å²) >= 11 is 0. The van der Waals surface area contributed by atoms with Gasteiger partial charge in [0.2, 0.25) is 0 Å². The van der Waals surface area contributed by atoms with E-state index in [0.29, 0.717) is 13.0 Å². The highest BCUT2D eigenvalue weighted by Gasteiger charge is 2.26. The minimum Gasteiger partial charge on any atom is -0.457 e. The fourth-order valence-electron chi connectivity index (χ4n) is 6.04. The molecule has 0 aromatic heterocycles. The van der Waals surface area contributed by atoms with E-state index in [9.17, 15) is 19.4 Å². The van der Waals surface area contributed by atoms with Crippen molar-refractivity contribution < 1.29 is 43.0 Å². The fourth-order valence-corrected chi connectivity index (χ4v) is 6.83. The number of phosphoric ester groups is 1. The second-order valence-electron chi connectivity index (χ2n) is 15.1. The first-order valence-electron chi connectivity index (χ1n) is 22.6. The van der Waals surface area contributed by atoms with Crippen LogP contribution in [0.2, 0.25) is 0 Å². The maximum Gasteiger partial charge on any atom is 0.472 e. The zero-order valence-electron chi connectivity index (χ0n) is 35.8. The molecular weight excluding hydrogens is 727 g/mol. The van der Waals surface area contributed by atoms with Gasteiger partial charge in [-0.25, -0.2) is 4.57 Å². The number of carbonyl (C=O) groups excluding carboxylic acids is 1. The molecule has 328 valence electrons. The number of aliphatic hydroxyl groups is 2. The van der Waals surface area contributed by atoms with Crippen molar-refractivity contribution in [2.24, 2.45) is 0 Å². The van der Waals surface area contributed by atoms with E-state index in [1.165, 1.54) is 109 Å². The van der Waals surface area contributed by atoms with Crippen molar-refractivity contribution in [2.45, 2.75) is 206 Å². The number of hydrogen-bond acceptors (Lipinski definition) is 8. The lowest BCUT2D eigenvalue weighted by atomic mass is 10.0. The lowest BCUT2D eigenvalue weighted by molar-refractivity contribution is -0.154. The van der Waals surface area contributed by atoms with E-state index in [0.717, 1.165) is 57.8 Å². The lowest BCUT2D eigenvalue weighted by Gasteiger charge is -2.20. The Hall–Kier alpha value is -1.58. The standard InChI is InChI=1S/C46H85O9P/c1-3-5-7-9-11-13-15-17-19-21-22-23-24-26-28-30-32-34-36-38-46(49)55-45(43-54-56(50,51)53-41-44(48)40-47)42-52-39-37-35-33-31-29-27-25-20-18-16-14-12-10-8-6-4-2/h11,13,17,19,22-23,26,28,44-45,47-48H,3-10,12,14-16,18,20-21,24-25,27,29-43H2,1-2H3,(H,50,51)/b13-11-,19-17-,23-22-,28-26-/t44-,45+/m0/s1. The number of esters is 1. The van der Waals surface area contributed by atoms with Crippen LogP contribution in [-0.4, -0.2) is 66.3 Å². The van der Waals surface area contributed by atoms with Gasteiger partial charge in [-0.2, -0.15) is 0 Å². The van der Waals surface area contributed by atoms with E-state index in [1.54, 1.807) is 0 Å². The lowest BCUT2D eigenvalue weighted by Crippen LogP contribution is -2.29. The molecule has 0 radical (unpaired) electrons. The molecule has 0 aromatic rings. The van der Waals surface area contributed by atoms with Crippen molar-refractivity contribution >= 4 is 13.8 Å². The van der Waals surface area contributed by atoms with Crippen molar-refractivity contribution in [3.8, 4) is 0 Å². The maximum absolute atomic E-state index is 12.6. The Labute approximate surface area is 343 Å². The number of phosphoric acid groups is 1. The van der Waals surface area contributed by atoms with Crippen LogP contribution in [0.4, 0.5) is 0 Å². The zero-order valence-corrected chi connectivity index (χ0v) is 36.7. The van der Waals surface area contributed by atoms with Crippen LogP contribution in [0.5, 0.6) is 0 Å². The minimum absolute atomic E-state index is 0.0375. The summed E-state index contributed by atoms with van der Waals surface area (Å²) in [6.45, 7) is 3.46. The largest absolute Gasteiger partial charge is 0.472 e. The van der Waals surface area contributed by atoms with Gasteiger partial charge in [0.1, 0.15) is 12.2 Å². The summed E-state index contributed by atoms with van der Waals surface area (Å²) in [7, 11) is -4.53. The van der Waals surface area contributed by atoms with Gasteiger partial charge in [0.15, 0.2) is 0 Å². The third kappa shape index (κ3) is 42.0. The molecule has 9 nitrogen and oxygen atoms in total. The van der Waals surface area contributed by atoms with E-state index >= 15 is 0 Å². The molecule has 0 heterocycles. The molecular formula is C46H85O9P. The molecule has 0 aliphatic heterocycles. The normalized spacial score (nSPS) is 14.4. The highest BCUT2D eigenvalue weighted by atomic mass is 31.2. The predicted octanol–water partition coefficient (Wildman–Crippen LogP) is 12.6. The quantitative estimate of drug-likeness (QED) is 0.0238. The van der Waals surface area contributed by atoms with E-state index in [1.807, 2.05) is 0 Å². The first-order chi connectivity index (χ1) is 27.3. The number of carbonyl (C=O) groups is 1. The van der Waals surface area contributed by atoms with Crippen molar-refractivity contribution in [1.29, 1.82) is 0 Å². The van der Waals surface area contributed by atoms with E-state index in [2.05, 4.69) is 62.5 Å². The Morgan fingerprint density at radius 1 is 0.554 bits per heavy atom. The zero-order chi connectivity index (χ0) is 41.1. The van der Waals surface area contributed by atoms with Gasteiger partial charge >= 0.3 is 13.8 Å². The van der Waals surface area contributed by atoms with Gasteiger partial charge in [0.05, 0.1) is 26.4 Å². The highest BCUT2D eigenvalue weighted by Crippen LogP contribution is 2.43. The van der Waals surface area contributed by atoms with Crippen LogP contribution in [-0.2, 0) is 27.9 Å². The molecule has 0 aliphatic carbocycles. The molecule has 0 spiro atoms. The summed E-state index contributed by atoms with van der Waals surface area (Å²) < 4.78 is 33.4. The predicted molar refractivity (Wildman–Crippen MR) is 233 cm³/mol. The first-order valence-corrected chi connectivity index (χ1v) is 24.1. The minimum atomic E-state index is -4.53. The summed E-state index contributed by atoms with van der Waals surface area (Å²) in [4.78, 5) is 22.6. The summed E-state index contributed by atoms with van der Waals surface area (Å²) in [5.41, 5.74) is 0. The topological polar surface area (TPSA) is 132 Å². The van der Waals surface area contributed by atoms with Crippen molar-refractivity contribution in [3.63, 3.8) is 0 Å². The molecule has 0 bridgehead atoms. The first kappa shape index (κ1) is 54.4. The molecule has 3 atom stereocenters. The highest BCUT2D eigenvalue weighted by molar-refractivity contribution is 7.47. The summed E-state index contributed by atoms with van der Waals surface area (Å²) in [5, 5.41) is 18.4. The molecule has 3 N–H and O–H groups in total. The molecule has 0 saturated heterocycles. The van der Waals surface area contributed by atoms with Crippen LogP contribution in [0.15, 0.2) is 48.6 Å². The van der Waals surface area contributed by atoms with Gasteiger partial charge in [-0.3, -0.25) is 13.8 Å². The Morgan fingerprint density at radius 2 is 0.964 bits per heavy atom. The number of aliphatic hydroxyl groups excluding tert-OH is 2. The van der Waals surface area contributed by atoms with Crippen LogP contribution >= 0.6 is 7.82 Å². The average Bonchev–Trinajstić information content (AvgIpc) is 3.19. The third-order valence-electron chi connectivity index (χ3n) is 9.52. The molecule has 10 heteroatoms. The number of allylic oxidation sites excluding steroid dienone is 8. The molecule has 56 heavy (non-hydrogen) atoms. The second-order valence-corrected chi connectivity index (χ2v) is 16.5. The van der Waals surface area contributed by atoms with Gasteiger partial charge in [-0.1, -0.05) is 178 Å². The molecule has 0 rings (SSSR count). The molecule has 0 aliphatic rings. The van der Waals surface area contributed by atoms with E-state index < -0.39 is 39.2 Å². The fraction of sp³-hybridized carbons (Fsp3) is 0.804. The number of hydrogen-bond donors (Lipinski definition) is 3. The molecule has 0 saturated carbocycles. The van der Waals surface area contributed by atoms with Gasteiger partial charge < -0.3 is 24.6 Å². The van der Waals surface area contributed by atoms with Gasteiger partial charge in [0.25, 0.3) is 0 Å². The van der Waals surface area contributed by atoms with Gasteiger partial charge in [-0.15, -0.1) is 0 Å². The average molecular weight is 813 g/mol. The molecule has 0 amide bonds. The maximum atomic E-state index is 12.6. The van der Waals surface area contributed by atoms with Crippen LogP contribution < -0.4 is 0 Å². The van der Waals surface area contributed by atoms with Crippen molar-refractivity contribution in [1.82, 2.24) is 0 Å². The summed E-state index contributed by atoms with van der Waals surface area (Å²) in [6, 6.07) is 0. The Bertz CT molecular complexity index is 1010. The molecule has 0 fully saturated rings. The van der Waals surface area contributed by atoms with Crippen LogP contribution in [0.25, 0.3) is 0 Å². The van der Waals surface area contributed by atoms with Gasteiger partial charge in [0, 0.05) is 13.0 Å². The van der Waals surface area contributed by atoms with Crippen LogP contribution in [0.1, 0.15) is 194 Å². The van der Waals surface area contributed by atoms with Crippen molar-refractivity contribution in [2.75, 3.05) is 33.0 Å². The number of rotatable bonds is 43. The number of ether oxygens (including phenoxy) is 2. The molecule has 0 aromatic carbocycles. The third-order valence-corrected chi connectivity index (χ3v) is 10.5. The van der Waals surface area contributed by atoms with E-state index in [-0.39, 0.29) is 19.6 Å². The van der Waals surface area contributed by atoms with Gasteiger partial charge in [-0.05, 0) is 57.8 Å². The smallest absolute Gasteiger partial charge is 0.457 e. The SMILES string of the molecule is CCCCC/C=C\C/C=C\C/C=C\C/C=C\CCCCCC(=O)O[C@H](COCCCCCCCCCCCCCCCCCC)COP(=O)(O)OC[C@@H](O)CO. The molecule has 1 unspecified atom stereocenters. The van der Waals surface area contributed by atoms with Crippen LogP contribution in [0.3, 0.4) is 0 Å². The Morgan fingerprint density at radius 3 is 1.46 bits per heavy atom. The van der Waals surface area contributed by atoms with Crippen molar-refractivity contribution in [3.05, 3.63) is 48.6 Å². The number of unbranched alkanes of at least 4 members (excludes halogenated alkanes) is 21. The van der Waals surface area contributed by atoms with Crippen LogP contribution in [0, 0.1) is 0 Å². The van der Waals surface area contributed by atoms with E-state index in [4.69, 9.17) is 23.6 Å². The monoisotopic (exact) mass is 813 g/mol.